The van der Waals surface area contributed by atoms with Gasteiger partial charge in [0.05, 0.1) is 18.6 Å². The molecule has 216 valence electrons. The maximum Gasteiger partial charge on any atom is 0.329 e. The molecule has 0 aromatic heterocycles. The average molecular weight is 578 g/mol. The lowest BCUT2D eigenvalue weighted by molar-refractivity contribution is -0.120. The van der Waals surface area contributed by atoms with Crippen molar-refractivity contribution in [3.63, 3.8) is 0 Å². The van der Waals surface area contributed by atoms with Gasteiger partial charge in [-0.1, -0.05) is 56.0 Å². The van der Waals surface area contributed by atoms with Gasteiger partial charge in [0, 0.05) is 18.7 Å². The predicted octanol–water partition coefficient (Wildman–Crippen LogP) is 5.12. The summed E-state index contributed by atoms with van der Waals surface area (Å²) in [6, 6.07) is 18.0. The van der Waals surface area contributed by atoms with Gasteiger partial charge in [-0.3, -0.25) is 4.79 Å². The number of benzene rings is 3. The fraction of sp³-hybridized carbons (Fsp3) is 0.226. The number of nitrogens with one attached hydrogen (secondary N) is 2. The van der Waals surface area contributed by atoms with Crippen LogP contribution in [0.5, 0.6) is 11.5 Å². The van der Waals surface area contributed by atoms with Crippen LogP contribution in [-0.2, 0) is 14.8 Å². The van der Waals surface area contributed by atoms with E-state index < -0.39 is 33.9 Å². The molecule has 2 atom stereocenters. The highest BCUT2D eigenvalue weighted by Crippen LogP contribution is 2.27. The minimum Gasteiger partial charge on any atom is -0.497 e. The number of hydrogen-bond acceptors (Lipinski definition) is 6. The molecule has 3 aromatic rings. The number of carbonyl (C=O) groups is 2. The quantitative estimate of drug-likeness (QED) is 0.215. The van der Waals surface area contributed by atoms with Gasteiger partial charge in [0.2, 0.25) is 5.91 Å². The lowest BCUT2D eigenvalue weighted by Crippen LogP contribution is -2.53. The highest BCUT2D eigenvalue weighted by atomic mass is 32.2. The van der Waals surface area contributed by atoms with E-state index in [0.29, 0.717) is 41.3 Å². The summed E-state index contributed by atoms with van der Waals surface area (Å²) in [5.74, 6) is 0.189. The van der Waals surface area contributed by atoms with Crippen LogP contribution in [0.15, 0.2) is 96.9 Å². The van der Waals surface area contributed by atoms with Crippen LogP contribution >= 0.6 is 0 Å². The molecule has 0 aliphatic carbocycles. The lowest BCUT2D eigenvalue weighted by atomic mass is 9.92. The highest BCUT2D eigenvalue weighted by molar-refractivity contribution is 7.90. The Bertz CT molecular complexity index is 1490. The second-order valence-electron chi connectivity index (χ2n) is 9.18. The Morgan fingerprint density at radius 1 is 1.00 bits per heavy atom. The van der Waals surface area contributed by atoms with Crippen molar-refractivity contribution in [3.8, 4) is 11.5 Å². The normalized spacial score (nSPS) is 12.4. The smallest absolute Gasteiger partial charge is 0.329 e. The van der Waals surface area contributed by atoms with Crippen LogP contribution in [-0.4, -0.2) is 47.2 Å². The molecule has 0 saturated heterocycles. The number of methoxy groups -OCH3 is 1. The van der Waals surface area contributed by atoms with Gasteiger partial charge >= 0.3 is 6.03 Å². The number of ether oxygens (including phenoxy) is 2. The fourth-order valence-electron chi connectivity index (χ4n) is 4.12. The maximum atomic E-state index is 13.8. The Labute approximate surface area is 241 Å². The Kier molecular flexibility index (Phi) is 10.7. The Balaban J connectivity index is 1.92. The fourth-order valence-corrected chi connectivity index (χ4v) is 5.26. The maximum absolute atomic E-state index is 13.8. The standard InChI is InChI=1S/C31H35N3O6S/c1-6-8-20-40-27-14-11-13-24(21-27)22(3)29(30(35)34(4)25-16-18-26(39-5)19-17-25)32-31(36)33-41(37,38)28-15-10-9-12-23(28)7-2/h6-7,9-19,21-22,29H,1-2,8,20H2,3-5H3,(H2,32,33,36)/t22-,29+/m1/s1. The van der Waals surface area contributed by atoms with Gasteiger partial charge in [0.15, 0.2) is 0 Å². The number of nitrogens with zero attached hydrogens (tertiary/aromatic N) is 1. The summed E-state index contributed by atoms with van der Waals surface area (Å²) in [6.45, 7) is 9.54. The predicted molar refractivity (Wildman–Crippen MR) is 161 cm³/mol. The molecule has 0 aliphatic rings. The Morgan fingerprint density at radius 2 is 1.71 bits per heavy atom. The monoisotopic (exact) mass is 577 g/mol. The molecule has 0 saturated carbocycles. The second-order valence-corrected chi connectivity index (χ2v) is 10.8. The van der Waals surface area contributed by atoms with Crippen molar-refractivity contribution in [2.24, 2.45) is 0 Å². The van der Waals surface area contributed by atoms with Gasteiger partial charge in [-0.15, -0.1) is 6.58 Å². The number of rotatable bonds is 13. The van der Waals surface area contributed by atoms with Crippen LogP contribution in [0.4, 0.5) is 10.5 Å². The third kappa shape index (κ3) is 7.98. The van der Waals surface area contributed by atoms with Gasteiger partial charge in [-0.2, -0.15) is 0 Å². The number of carbonyl (C=O) groups excluding carboxylic acids is 2. The van der Waals surface area contributed by atoms with Crippen molar-refractivity contribution in [1.82, 2.24) is 10.0 Å². The van der Waals surface area contributed by atoms with E-state index in [9.17, 15) is 18.0 Å². The van der Waals surface area contributed by atoms with Crippen molar-refractivity contribution >= 4 is 33.7 Å². The van der Waals surface area contributed by atoms with Gasteiger partial charge in [-0.25, -0.2) is 17.9 Å². The topological polar surface area (TPSA) is 114 Å². The minimum atomic E-state index is -4.26. The zero-order valence-electron chi connectivity index (χ0n) is 23.4. The molecule has 0 aliphatic heterocycles. The van der Waals surface area contributed by atoms with Crippen LogP contribution in [0.2, 0.25) is 0 Å². The summed E-state index contributed by atoms with van der Waals surface area (Å²) in [5.41, 5.74) is 1.60. The molecule has 2 N–H and O–H groups in total. The van der Waals surface area contributed by atoms with E-state index in [1.54, 1.807) is 87.8 Å². The summed E-state index contributed by atoms with van der Waals surface area (Å²) >= 11 is 0. The number of urea groups is 1. The number of hydrogen-bond donors (Lipinski definition) is 2. The number of anilines is 1. The van der Waals surface area contributed by atoms with Gasteiger partial charge < -0.3 is 19.7 Å². The van der Waals surface area contributed by atoms with E-state index in [1.165, 1.54) is 17.0 Å². The molecular weight excluding hydrogens is 542 g/mol. The molecule has 3 aromatic carbocycles. The molecule has 0 fully saturated rings. The first kappa shape index (κ1) is 31.0. The molecular formula is C31H35N3O6S. The molecule has 0 radical (unpaired) electrons. The van der Waals surface area contributed by atoms with Gasteiger partial charge in [0.1, 0.15) is 17.5 Å². The van der Waals surface area contributed by atoms with Crippen molar-refractivity contribution in [1.29, 1.82) is 0 Å². The molecule has 0 heterocycles. The third-order valence-corrected chi connectivity index (χ3v) is 7.88. The number of likely N-dealkylation sites (N-methyl/N-ethyl adjacent to an activating group) is 1. The van der Waals surface area contributed by atoms with Crippen molar-refractivity contribution in [2.45, 2.75) is 30.2 Å². The molecule has 3 amide bonds. The molecule has 0 bridgehead atoms. The average Bonchev–Trinajstić information content (AvgIpc) is 2.99. The van der Waals surface area contributed by atoms with E-state index in [0.717, 1.165) is 0 Å². The highest BCUT2D eigenvalue weighted by Gasteiger charge is 2.32. The molecule has 0 unspecified atom stereocenters. The first-order chi connectivity index (χ1) is 19.6. The van der Waals surface area contributed by atoms with Crippen LogP contribution in [0.3, 0.4) is 0 Å². The van der Waals surface area contributed by atoms with Crippen LogP contribution in [0, 0.1) is 0 Å². The summed E-state index contributed by atoms with van der Waals surface area (Å²) in [5, 5.41) is 2.60. The zero-order valence-corrected chi connectivity index (χ0v) is 24.2. The molecule has 41 heavy (non-hydrogen) atoms. The summed E-state index contributed by atoms with van der Waals surface area (Å²) in [6.07, 6.45) is 3.80. The third-order valence-electron chi connectivity index (χ3n) is 6.47. The van der Waals surface area contributed by atoms with E-state index in [4.69, 9.17) is 9.47 Å². The summed E-state index contributed by atoms with van der Waals surface area (Å²) in [7, 11) is -1.14. The van der Waals surface area contributed by atoms with Crippen LogP contribution in [0.25, 0.3) is 6.08 Å². The molecule has 9 nitrogen and oxygen atoms in total. The van der Waals surface area contributed by atoms with Crippen LogP contribution < -0.4 is 24.4 Å². The molecule has 3 rings (SSSR count). The minimum absolute atomic E-state index is 0.110. The van der Waals surface area contributed by atoms with Crippen molar-refractivity contribution < 1.29 is 27.5 Å². The first-order valence-corrected chi connectivity index (χ1v) is 14.4. The Morgan fingerprint density at radius 3 is 2.37 bits per heavy atom. The Hall–Kier alpha value is -4.57. The van der Waals surface area contributed by atoms with Crippen molar-refractivity contribution in [3.05, 3.63) is 103 Å². The number of amides is 3. The van der Waals surface area contributed by atoms with Gasteiger partial charge in [0.25, 0.3) is 10.0 Å². The summed E-state index contributed by atoms with van der Waals surface area (Å²) < 4.78 is 39.1. The largest absolute Gasteiger partial charge is 0.497 e. The SMILES string of the molecule is C=CCCOc1cccc([C@@H](C)[C@H](NC(=O)NS(=O)(=O)c2ccccc2C=C)C(=O)N(C)c2ccc(OC)cc2)c1. The van der Waals surface area contributed by atoms with E-state index >= 15 is 0 Å². The molecule has 10 heteroatoms. The number of sulfonamides is 1. The zero-order chi connectivity index (χ0) is 30.0. The van der Waals surface area contributed by atoms with Gasteiger partial charge in [-0.05, 0) is 60.0 Å². The lowest BCUT2D eigenvalue weighted by Gasteiger charge is -2.29. The van der Waals surface area contributed by atoms with Crippen LogP contribution in [0.1, 0.15) is 30.4 Å². The summed E-state index contributed by atoms with van der Waals surface area (Å²) in [4.78, 5) is 28.2. The molecule has 0 spiro atoms. The van der Waals surface area contributed by atoms with E-state index in [1.807, 2.05) is 10.8 Å². The van der Waals surface area contributed by atoms with E-state index in [-0.39, 0.29) is 4.90 Å². The van der Waals surface area contributed by atoms with Crippen molar-refractivity contribution in [2.75, 3.05) is 25.7 Å². The first-order valence-electron chi connectivity index (χ1n) is 12.9. The van der Waals surface area contributed by atoms with E-state index in [2.05, 4.69) is 18.5 Å². The second kappa shape index (κ2) is 14.2.